The van der Waals surface area contributed by atoms with Crippen LogP contribution in [-0.4, -0.2) is 48.5 Å². The highest BCUT2D eigenvalue weighted by molar-refractivity contribution is 5.94. The van der Waals surface area contributed by atoms with Crippen molar-refractivity contribution in [3.63, 3.8) is 0 Å². The van der Waals surface area contributed by atoms with E-state index in [4.69, 9.17) is 0 Å². The molecule has 3 heterocycles. The predicted molar refractivity (Wildman–Crippen MR) is 103 cm³/mol. The molecule has 1 amide bonds. The molecule has 27 heavy (non-hydrogen) atoms. The van der Waals surface area contributed by atoms with E-state index in [2.05, 4.69) is 27.2 Å². The van der Waals surface area contributed by atoms with Gasteiger partial charge < -0.3 is 15.0 Å². The lowest BCUT2D eigenvalue weighted by atomic mass is 9.89. The van der Waals surface area contributed by atoms with Crippen LogP contribution in [0.2, 0.25) is 0 Å². The third-order valence-corrected chi connectivity index (χ3v) is 5.37. The molecule has 0 saturated carbocycles. The number of likely N-dealkylation sites (tertiary alicyclic amines) is 1. The first kappa shape index (κ1) is 19.3. The molecule has 2 aromatic rings. The van der Waals surface area contributed by atoms with Gasteiger partial charge in [-0.05, 0) is 23.6 Å². The van der Waals surface area contributed by atoms with Crippen LogP contribution in [0.25, 0.3) is 0 Å². The predicted octanol–water partition coefficient (Wildman–Crippen LogP) is 2.32. The van der Waals surface area contributed by atoms with Crippen LogP contribution in [0.1, 0.15) is 32.5 Å². The highest BCUT2D eigenvalue weighted by Crippen LogP contribution is 2.43. The first-order valence-corrected chi connectivity index (χ1v) is 8.80. The molecule has 0 radical (unpaired) electrons. The molecule has 7 heteroatoms. The Labute approximate surface area is 164 Å². The summed E-state index contributed by atoms with van der Waals surface area (Å²) in [7, 11) is 1.32. The minimum atomic E-state index is -0.458. The number of fused-ring (bicyclic) bond motifs is 1. The fraction of sp³-hybridized carbons (Fsp3) is 0.350. The van der Waals surface area contributed by atoms with E-state index in [0.29, 0.717) is 23.1 Å². The molecule has 0 spiro atoms. The lowest BCUT2D eigenvalue weighted by Crippen LogP contribution is -2.35. The van der Waals surface area contributed by atoms with Crippen LogP contribution < -0.4 is 5.32 Å². The van der Waals surface area contributed by atoms with Gasteiger partial charge in [-0.15, -0.1) is 12.4 Å². The Kier molecular flexibility index (Phi) is 5.77. The van der Waals surface area contributed by atoms with Gasteiger partial charge in [0.1, 0.15) is 5.69 Å². The average Bonchev–Trinajstić information content (AvgIpc) is 3.28. The minimum Gasteiger partial charge on any atom is -0.465 e. The smallest absolute Gasteiger partial charge is 0.339 e. The number of nitrogens with zero attached hydrogens (tertiary/aromatic N) is 2. The number of hydrogen-bond acceptors (Lipinski definition) is 5. The van der Waals surface area contributed by atoms with Gasteiger partial charge in [0.05, 0.1) is 18.7 Å². The number of aromatic nitrogens is 1. The maximum absolute atomic E-state index is 13.1. The molecule has 4 rings (SSSR count). The molecule has 0 unspecified atom stereocenters. The van der Waals surface area contributed by atoms with Crippen molar-refractivity contribution in [2.75, 3.05) is 26.7 Å². The maximum Gasteiger partial charge on any atom is 0.339 e. The molecule has 1 N–H and O–H groups in total. The van der Waals surface area contributed by atoms with E-state index in [0.717, 1.165) is 25.2 Å². The Bertz CT molecular complexity index is 813. The fourth-order valence-electron chi connectivity index (χ4n) is 4.11. The third-order valence-electron chi connectivity index (χ3n) is 5.37. The average molecular weight is 388 g/mol. The number of methoxy groups -OCH3 is 1. The zero-order chi connectivity index (χ0) is 18.1. The summed E-state index contributed by atoms with van der Waals surface area (Å²) in [6, 6.07) is 13.4. The van der Waals surface area contributed by atoms with E-state index in [1.807, 2.05) is 23.1 Å². The highest BCUT2D eigenvalue weighted by atomic mass is 35.5. The number of benzene rings is 1. The Morgan fingerprint density at radius 1 is 1.15 bits per heavy atom. The molecular weight excluding hydrogens is 366 g/mol. The number of halogens is 1. The molecule has 1 aromatic heterocycles. The molecule has 6 nitrogen and oxygen atoms in total. The van der Waals surface area contributed by atoms with Crippen LogP contribution in [0.3, 0.4) is 0 Å². The molecule has 2 saturated heterocycles. The van der Waals surface area contributed by atoms with E-state index in [9.17, 15) is 9.59 Å². The van der Waals surface area contributed by atoms with Crippen LogP contribution in [-0.2, 0) is 4.74 Å². The number of nitrogens with one attached hydrogen (secondary N) is 1. The van der Waals surface area contributed by atoms with Gasteiger partial charge in [-0.3, -0.25) is 9.78 Å². The molecule has 2 fully saturated rings. The standard InChI is InChI=1S/C20H21N3O3.ClH/c1-26-20(25)14-7-8-17(22-10-14)19(24)23-12-15-9-21-11-16(15)18(23)13-5-3-2-4-6-13;/h2-8,10,15-16,18,21H,9,11-12H2,1H3;1H/t15-,16-,18-;/m0./s1. The zero-order valence-corrected chi connectivity index (χ0v) is 15.8. The summed E-state index contributed by atoms with van der Waals surface area (Å²) >= 11 is 0. The SMILES string of the molecule is COC(=O)c1ccc(C(=O)N2C[C@@H]3CNC[C@@H]3[C@@H]2c2ccccc2)nc1.Cl. The number of amides is 1. The second-order valence-electron chi connectivity index (χ2n) is 6.82. The van der Waals surface area contributed by atoms with E-state index in [1.165, 1.54) is 13.3 Å². The molecule has 3 atom stereocenters. The van der Waals surface area contributed by atoms with Gasteiger partial charge in [0.2, 0.25) is 0 Å². The van der Waals surface area contributed by atoms with Crippen LogP contribution >= 0.6 is 12.4 Å². The number of carbonyl (C=O) groups excluding carboxylic acids is 2. The van der Waals surface area contributed by atoms with Crippen molar-refractivity contribution in [1.82, 2.24) is 15.2 Å². The van der Waals surface area contributed by atoms with Gasteiger partial charge >= 0.3 is 5.97 Å². The largest absolute Gasteiger partial charge is 0.465 e. The summed E-state index contributed by atoms with van der Waals surface area (Å²) in [5.41, 5.74) is 1.85. The molecule has 0 aliphatic carbocycles. The number of esters is 1. The molecule has 2 aliphatic rings. The quantitative estimate of drug-likeness (QED) is 0.818. The van der Waals surface area contributed by atoms with Crippen molar-refractivity contribution < 1.29 is 14.3 Å². The maximum atomic E-state index is 13.1. The first-order chi connectivity index (χ1) is 12.7. The van der Waals surface area contributed by atoms with E-state index >= 15 is 0 Å². The molecule has 2 aliphatic heterocycles. The van der Waals surface area contributed by atoms with Gasteiger partial charge in [-0.25, -0.2) is 4.79 Å². The van der Waals surface area contributed by atoms with Crippen LogP contribution in [0.4, 0.5) is 0 Å². The highest BCUT2D eigenvalue weighted by Gasteiger charge is 2.47. The van der Waals surface area contributed by atoms with Gasteiger partial charge in [-0.2, -0.15) is 0 Å². The van der Waals surface area contributed by atoms with Crippen molar-refractivity contribution in [3.05, 3.63) is 65.5 Å². The molecule has 1 aromatic carbocycles. The first-order valence-electron chi connectivity index (χ1n) is 8.80. The molecule has 0 bridgehead atoms. The van der Waals surface area contributed by atoms with Crippen molar-refractivity contribution in [3.8, 4) is 0 Å². The second-order valence-corrected chi connectivity index (χ2v) is 6.82. The topological polar surface area (TPSA) is 71.5 Å². The van der Waals surface area contributed by atoms with Crippen LogP contribution in [0.15, 0.2) is 48.7 Å². The van der Waals surface area contributed by atoms with E-state index in [-0.39, 0.29) is 24.4 Å². The summed E-state index contributed by atoms with van der Waals surface area (Å²) in [6.07, 6.45) is 1.40. The van der Waals surface area contributed by atoms with Crippen molar-refractivity contribution >= 4 is 24.3 Å². The minimum absolute atomic E-state index is 0. The lowest BCUT2D eigenvalue weighted by molar-refractivity contribution is 0.0598. The number of ether oxygens (including phenoxy) is 1. The lowest BCUT2D eigenvalue weighted by Gasteiger charge is -2.28. The number of pyridine rings is 1. The fourth-order valence-corrected chi connectivity index (χ4v) is 4.11. The second kappa shape index (κ2) is 8.06. The van der Waals surface area contributed by atoms with Gasteiger partial charge in [0, 0.05) is 31.7 Å². The number of hydrogen-bond donors (Lipinski definition) is 1. The monoisotopic (exact) mass is 387 g/mol. The van der Waals surface area contributed by atoms with E-state index in [1.54, 1.807) is 12.1 Å². The summed E-state index contributed by atoms with van der Waals surface area (Å²) in [5.74, 6) is 0.319. The van der Waals surface area contributed by atoms with Crippen molar-refractivity contribution in [2.45, 2.75) is 6.04 Å². The Balaban J connectivity index is 0.00000210. The van der Waals surface area contributed by atoms with Gasteiger partial charge in [-0.1, -0.05) is 30.3 Å². The summed E-state index contributed by atoms with van der Waals surface area (Å²) < 4.78 is 4.68. The molecular formula is C20H22ClN3O3. The van der Waals surface area contributed by atoms with Gasteiger partial charge in [0.25, 0.3) is 5.91 Å². The zero-order valence-electron chi connectivity index (χ0n) is 15.0. The number of rotatable bonds is 3. The van der Waals surface area contributed by atoms with Crippen molar-refractivity contribution in [1.29, 1.82) is 0 Å². The Hall–Kier alpha value is -2.44. The van der Waals surface area contributed by atoms with Crippen LogP contribution in [0.5, 0.6) is 0 Å². The third kappa shape index (κ3) is 3.55. The van der Waals surface area contributed by atoms with Crippen molar-refractivity contribution in [2.24, 2.45) is 11.8 Å². The molecule has 142 valence electrons. The Morgan fingerprint density at radius 3 is 2.59 bits per heavy atom. The normalized spacial score (nSPS) is 23.4. The summed E-state index contributed by atoms with van der Waals surface area (Å²) in [4.78, 5) is 30.8. The van der Waals surface area contributed by atoms with E-state index < -0.39 is 5.97 Å². The Morgan fingerprint density at radius 2 is 1.93 bits per heavy atom. The van der Waals surface area contributed by atoms with Gasteiger partial charge in [0.15, 0.2) is 0 Å². The van der Waals surface area contributed by atoms with Crippen LogP contribution in [0, 0.1) is 11.8 Å². The number of carbonyl (C=O) groups is 2. The summed E-state index contributed by atoms with van der Waals surface area (Å²) in [5, 5.41) is 3.44. The summed E-state index contributed by atoms with van der Waals surface area (Å²) in [6.45, 7) is 2.58.